The molecular weight excluding hydrogens is 370 g/mol. The van der Waals surface area contributed by atoms with Gasteiger partial charge in [-0.15, -0.1) is 12.4 Å². The van der Waals surface area contributed by atoms with E-state index in [1.54, 1.807) is 0 Å². The zero-order valence-corrected chi connectivity index (χ0v) is 17.2. The molecular formula is C19H34ClN3O4. The summed E-state index contributed by atoms with van der Waals surface area (Å²) in [5, 5.41) is 9.04. The summed E-state index contributed by atoms with van der Waals surface area (Å²) in [7, 11) is 0. The Kier molecular flexibility index (Phi) is 8.79. The number of hydrogen-bond acceptors (Lipinski definition) is 5. The Labute approximate surface area is 168 Å². The van der Waals surface area contributed by atoms with Gasteiger partial charge in [0, 0.05) is 25.7 Å². The lowest BCUT2D eigenvalue weighted by atomic mass is 9.90. The summed E-state index contributed by atoms with van der Waals surface area (Å²) in [6, 6.07) is 0.585. The van der Waals surface area contributed by atoms with Gasteiger partial charge in [0.25, 0.3) is 0 Å². The maximum atomic E-state index is 12.9. The minimum atomic E-state index is -0.765. The molecule has 0 spiro atoms. The number of rotatable bonds is 6. The van der Waals surface area contributed by atoms with E-state index < -0.39 is 5.97 Å². The van der Waals surface area contributed by atoms with Crippen LogP contribution < -0.4 is 0 Å². The van der Waals surface area contributed by atoms with Crippen LogP contribution in [0.1, 0.15) is 45.4 Å². The van der Waals surface area contributed by atoms with Gasteiger partial charge in [0.1, 0.15) is 0 Å². The van der Waals surface area contributed by atoms with Gasteiger partial charge in [0.05, 0.1) is 31.8 Å². The average molecular weight is 404 g/mol. The van der Waals surface area contributed by atoms with Crippen molar-refractivity contribution in [2.24, 2.45) is 0 Å². The molecule has 2 heterocycles. The van der Waals surface area contributed by atoms with Crippen LogP contribution in [0.15, 0.2) is 0 Å². The number of likely N-dealkylation sites (N-methyl/N-ethyl adjacent to an activating group) is 1. The van der Waals surface area contributed by atoms with E-state index in [2.05, 4.69) is 9.80 Å². The second-order valence-corrected chi connectivity index (χ2v) is 7.81. The SMILES string of the molecule is CCN(CC(=O)O)C1CCN(CC(=O)N2CCOC3CCCCC32)CC1.Cl. The van der Waals surface area contributed by atoms with Crippen molar-refractivity contribution in [2.45, 2.75) is 63.6 Å². The average Bonchev–Trinajstić information content (AvgIpc) is 2.66. The molecule has 8 heteroatoms. The molecule has 2 unspecified atom stereocenters. The van der Waals surface area contributed by atoms with Crippen molar-refractivity contribution in [1.82, 2.24) is 14.7 Å². The summed E-state index contributed by atoms with van der Waals surface area (Å²) >= 11 is 0. The predicted octanol–water partition coefficient (Wildman–Crippen LogP) is 1.45. The standard InChI is InChI=1S/C19H33N3O4.ClH/c1-2-21(14-19(24)25)15-7-9-20(10-8-15)13-18(23)22-11-12-26-17-6-4-3-5-16(17)22;/h15-17H,2-14H2,1H3,(H,24,25);1H. The van der Waals surface area contributed by atoms with Gasteiger partial charge < -0.3 is 14.7 Å². The Morgan fingerprint density at radius 3 is 2.48 bits per heavy atom. The van der Waals surface area contributed by atoms with Crippen LogP contribution in [0.2, 0.25) is 0 Å². The molecule has 27 heavy (non-hydrogen) atoms. The molecule has 2 aliphatic heterocycles. The van der Waals surface area contributed by atoms with E-state index in [9.17, 15) is 9.59 Å². The number of aliphatic carboxylic acids is 1. The number of nitrogens with zero attached hydrogens (tertiary/aromatic N) is 3. The summed E-state index contributed by atoms with van der Waals surface area (Å²) in [4.78, 5) is 30.2. The smallest absolute Gasteiger partial charge is 0.317 e. The highest BCUT2D eigenvalue weighted by Crippen LogP contribution is 2.28. The molecule has 3 rings (SSSR count). The molecule has 2 saturated heterocycles. The van der Waals surface area contributed by atoms with Crippen molar-refractivity contribution < 1.29 is 19.4 Å². The van der Waals surface area contributed by atoms with Gasteiger partial charge in [0.2, 0.25) is 5.91 Å². The second-order valence-electron chi connectivity index (χ2n) is 7.81. The number of halogens is 1. The topological polar surface area (TPSA) is 73.3 Å². The molecule has 0 aromatic heterocycles. The number of morpholine rings is 1. The molecule has 1 N–H and O–H groups in total. The summed E-state index contributed by atoms with van der Waals surface area (Å²) in [5.74, 6) is -0.527. The monoisotopic (exact) mass is 403 g/mol. The molecule has 3 aliphatic rings. The van der Waals surface area contributed by atoms with Crippen LogP contribution in [-0.2, 0) is 14.3 Å². The fraction of sp³-hybridized carbons (Fsp3) is 0.895. The van der Waals surface area contributed by atoms with Crippen molar-refractivity contribution in [3.63, 3.8) is 0 Å². The van der Waals surface area contributed by atoms with Crippen LogP contribution in [0.5, 0.6) is 0 Å². The Bertz CT molecular complexity index is 497. The molecule has 3 fully saturated rings. The zero-order chi connectivity index (χ0) is 18.5. The highest BCUT2D eigenvalue weighted by atomic mass is 35.5. The molecule has 2 atom stereocenters. The minimum absolute atomic E-state index is 0. The summed E-state index contributed by atoms with van der Waals surface area (Å²) < 4.78 is 5.88. The van der Waals surface area contributed by atoms with Gasteiger partial charge in [-0.25, -0.2) is 0 Å². The van der Waals surface area contributed by atoms with Crippen LogP contribution in [0.3, 0.4) is 0 Å². The van der Waals surface area contributed by atoms with Gasteiger partial charge in [-0.2, -0.15) is 0 Å². The normalized spacial score (nSPS) is 27.1. The van der Waals surface area contributed by atoms with Gasteiger partial charge in [0.15, 0.2) is 0 Å². The first kappa shape index (κ1) is 22.4. The lowest BCUT2D eigenvalue weighted by Gasteiger charge is -2.45. The van der Waals surface area contributed by atoms with Crippen molar-refractivity contribution >= 4 is 24.3 Å². The minimum Gasteiger partial charge on any atom is -0.480 e. The number of likely N-dealkylation sites (tertiary alicyclic amines) is 1. The maximum Gasteiger partial charge on any atom is 0.317 e. The van der Waals surface area contributed by atoms with E-state index in [0.717, 1.165) is 51.9 Å². The lowest BCUT2D eigenvalue weighted by molar-refractivity contribution is -0.151. The number of carboxylic acids is 1. The number of ether oxygens (including phenoxy) is 1. The van der Waals surface area contributed by atoms with Crippen molar-refractivity contribution in [3.8, 4) is 0 Å². The number of hydrogen-bond donors (Lipinski definition) is 1. The summed E-state index contributed by atoms with van der Waals surface area (Å²) in [6.07, 6.45) is 6.65. The highest BCUT2D eigenvalue weighted by Gasteiger charge is 2.37. The zero-order valence-electron chi connectivity index (χ0n) is 16.3. The van der Waals surface area contributed by atoms with E-state index in [0.29, 0.717) is 19.2 Å². The number of amides is 1. The van der Waals surface area contributed by atoms with Crippen LogP contribution in [0.4, 0.5) is 0 Å². The number of piperidine rings is 1. The van der Waals surface area contributed by atoms with Crippen molar-refractivity contribution in [1.29, 1.82) is 0 Å². The summed E-state index contributed by atoms with van der Waals surface area (Å²) in [5.41, 5.74) is 0. The van der Waals surface area contributed by atoms with Crippen molar-refractivity contribution in [3.05, 3.63) is 0 Å². The van der Waals surface area contributed by atoms with Crippen LogP contribution in [-0.4, -0.2) is 95.7 Å². The van der Waals surface area contributed by atoms with Gasteiger partial charge >= 0.3 is 5.97 Å². The Balaban J connectivity index is 0.00000261. The molecule has 1 saturated carbocycles. The fourth-order valence-electron chi connectivity index (χ4n) is 4.80. The third-order valence-electron chi connectivity index (χ3n) is 6.23. The van der Waals surface area contributed by atoms with E-state index >= 15 is 0 Å². The first-order valence-corrected chi connectivity index (χ1v) is 10.2. The number of carboxylic acid groups (broad SMARTS) is 1. The maximum absolute atomic E-state index is 12.9. The predicted molar refractivity (Wildman–Crippen MR) is 105 cm³/mol. The summed E-state index contributed by atoms with van der Waals surface area (Å²) in [6.45, 7) is 6.48. The van der Waals surface area contributed by atoms with E-state index in [1.165, 1.54) is 12.8 Å². The second kappa shape index (κ2) is 10.6. The molecule has 1 amide bonds. The van der Waals surface area contributed by atoms with E-state index in [4.69, 9.17) is 9.84 Å². The van der Waals surface area contributed by atoms with Gasteiger partial charge in [-0.3, -0.25) is 19.4 Å². The largest absolute Gasteiger partial charge is 0.480 e. The highest BCUT2D eigenvalue weighted by molar-refractivity contribution is 5.85. The molecule has 0 aromatic carbocycles. The number of fused-ring (bicyclic) bond motifs is 1. The molecule has 156 valence electrons. The van der Waals surface area contributed by atoms with E-state index in [1.807, 2.05) is 11.8 Å². The van der Waals surface area contributed by atoms with Crippen LogP contribution >= 0.6 is 12.4 Å². The lowest BCUT2D eigenvalue weighted by Crippen LogP contribution is -2.57. The first-order chi connectivity index (χ1) is 12.6. The molecule has 0 radical (unpaired) electrons. The number of carbonyl (C=O) groups is 2. The third kappa shape index (κ3) is 5.79. The van der Waals surface area contributed by atoms with Crippen LogP contribution in [0.25, 0.3) is 0 Å². The fourth-order valence-corrected chi connectivity index (χ4v) is 4.80. The molecule has 1 aliphatic carbocycles. The number of carbonyl (C=O) groups excluding carboxylic acids is 1. The third-order valence-corrected chi connectivity index (χ3v) is 6.23. The van der Waals surface area contributed by atoms with E-state index in [-0.39, 0.29) is 37.0 Å². The van der Waals surface area contributed by atoms with Crippen molar-refractivity contribution in [2.75, 3.05) is 45.9 Å². The first-order valence-electron chi connectivity index (χ1n) is 10.2. The Hall–Kier alpha value is -0.890. The Morgan fingerprint density at radius 2 is 1.81 bits per heavy atom. The van der Waals surface area contributed by atoms with Crippen LogP contribution in [0, 0.1) is 0 Å². The molecule has 0 aromatic rings. The quantitative estimate of drug-likeness (QED) is 0.723. The Morgan fingerprint density at radius 1 is 1.11 bits per heavy atom. The van der Waals surface area contributed by atoms with Gasteiger partial charge in [-0.05, 0) is 32.2 Å². The molecule has 7 nitrogen and oxygen atoms in total. The molecule has 0 bridgehead atoms. The van der Waals surface area contributed by atoms with Gasteiger partial charge in [-0.1, -0.05) is 19.8 Å².